The van der Waals surface area contributed by atoms with Crippen LogP contribution in [0.25, 0.3) is 10.9 Å². The first-order chi connectivity index (χ1) is 10.7. The Morgan fingerprint density at radius 1 is 1.23 bits per heavy atom. The van der Waals surface area contributed by atoms with Gasteiger partial charge >= 0.3 is 0 Å². The summed E-state index contributed by atoms with van der Waals surface area (Å²) < 4.78 is 6.37. The molecule has 1 aromatic heterocycles. The zero-order valence-corrected chi connectivity index (χ0v) is 12.2. The number of hydrogen-bond donors (Lipinski definition) is 2. The minimum absolute atomic E-state index is 0.304. The molecule has 0 atom stereocenters. The van der Waals surface area contributed by atoms with Crippen molar-refractivity contribution in [3.63, 3.8) is 0 Å². The smallest absolute Gasteiger partial charge is 0.279 e. The van der Waals surface area contributed by atoms with Crippen molar-refractivity contribution in [3.8, 4) is 5.75 Å². The lowest BCUT2D eigenvalue weighted by Crippen LogP contribution is -2.17. The van der Waals surface area contributed by atoms with Gasteiger partial charge < -0.3 is 10.1 Å². The highest BCUT2D eigenvalue weighted by Crippen LogP contribution is 2.21. The van der Waals surface area contributed by atoms with Crippen LogP contribution >= 0.6 is 0 Å². The fourth-order valence-electron chi connectivity index (χ4n) is 2.41. The standard InChI is InChI=1S/C16H15N3O3/c1-17-13-6-4-3-5-11(13)16(21)19-14-8-7-10(22-2)9-12(14)15(20)18-19/h3-9,17H,1-2H3,(H,18,20). The second kappa shape index (κ2) is 5.40. The summed E-state index contributed by atoms with van der Waals surface area (Å²) in [4.78, 5) is 24.8. The topological polar surface area (TPSA) is 76.1 Å². The molecule has 6 nitrogen and oxygen atoms in total. The fourth-order valence-corrected chi connectivity index (χ4v) is 2.41. The second-order valence-corrected chi connectivity index (χ2v) is 4.76. The van der Waals surface area contributed by atoms with E-state index in [9.17, 15) is 9.59 Å². The molecule has 0 unspecified atom stereocenters. The summed E-state index contributed by atoms with van der Waals surface area (Å²) in [5, 5.41) is 5.97. The number of carbonyl (C=O) groups excluding carboxylic acids is 1. The molecule has 0 aliphatic carbocycles. The van der Waals surface area contributed by atoms with E-state index in [0.29, 0.717) is 27.9 Å². The summed E-state index contributed by atoms with van der Waals surface area (Å²) in [6.45, 7) is 0. The average molecular weight is 297 g/mol. The molecule has 1 heterocycles. The number of ether oxygens (including phenoxy) is 1. The predicted octanol–water partition coefficient (Wildman–Crippen LogP) is 2.07. The molecule has 0 aliphatic heterocycles. The van der Waals surface area contributed by atoms with Gasteiger partial charge in [0.25, 0.3) is 11.5 Å². The van der Waals surface area contributed by atoms with E-state index in [1.54, 1.807) is 43.4 Å². The van der Waals surface area contributed by atoms with Crippen LogP contribution in [0.5, 0.6) is 5.75 Å². The number of anilines is 1. The molecule has 0 radical (unpaired) electrons. The zero-order valence-electron chi connectivity index (χ0n) is 12.2. The maximum absolute atomic E-state index is 12.7. The van der Waals surface area contributed by atoms with Crippen molar-refractivity contribution in [1.82, 2.24) is 9.78 Å². The normalized spacial score (nSPS) is 10.6. The van der Waals surface area contributed by atoms with Crippen LogP contribution in [-0.4, -0.2) is 29.8 Å². The molecule has 0 saturated heterocycles. The Hall–Kier alpha value is -3.02. The number of H-pyrrole nitrogens is 1. The fraction of sp³-hybridized carbons (Fsp3) is 0.125. The van der Waals surface area contributed by atoms with E-state index in [0.717, 1.165) is 0 Å². The summed E-state index contributed by atoms with van der Waals surface area (Å²) in [5.41, 5.74) is 1.36. The van der Waals surface area contributed by atoms with Gasteiger partial charge in [-0.05, 0) is 30.3 Å². The van der Waals surface area contributed by atoms with Crippen molar-refractivity contribution >= 4 is 22.5 Å². The minimum Gasteiger partial charge on any atom is -0.497 e. The molecule has 0 aliphatic rings. The second-order valence-electron chi connectivity index (χ2n) is 4.76. The van der Waals surface area contributed by atoms with E-state index in [4.69, 9.17) is 4.74 Å². The number of fused-ring (bicyclic) bond motifs is 1. The van der Waals surface area contributed by atoms with Crippen molar-refractivity contribution < 1.29 is 9.53 Å². The Bertz CT molecular complexity index is 908. The number of methoxy groups -OCH3 is 1. The van der Waals surface area contributed by atoms with Crippen molar-refractivity contribution in [2.24, 2.45) is 0 Å². The lowest BCUT2D eigenvalue weighted by atomic mass is 10.1. The Labute approximate surface area is 126 Å². The van der Waals surface area contributed by atoms with Crippen molar-refractivity contribution in [2.75, 3.05) is 19.5 Å². The van der Waals surface area contributed by atoms with Crippen molar-refractivity contribution in [1.29, 1.82) is 0 Å². The Balaban J connectivity index is 2.18. The summed E-state index contributed by atoms with van der Waals surface area (Å²) in [6, 6.07) is 12.1. The van der Waals surface area contributed by atoms with Gasteiger partial charge in [0, 0.05) is 12.7 Å². The van der Waals surface area contributed by atoms with Crippen LogP contribution in [0, 0.1) is 0 Å². The number of aromatic nitrogens is 2. The number of carbonyl (C=O) groups is 1. The van der Waals surface area contributed by atoms with E-state index in [1.807, 2.05) is 6.07 Å². The van der Waals surface area contributed by atoms with E-state index < -0.39 is 0 Å². The van der Waals surface area contributed by atoms with Crippen LogP contribution in [0.15, 0.2) is 47.3 Å². The van der Waals surface area contributed by atoms with Crippen LogP contribution < -0.4 is 15.6 Å². The van der Waals surface area contributed by atoms with Crippen LogP contribution in [0.2, 0.25) is 0 Å². The van der Waals surface area contributed by atoms with Crippen LogP contribution in [0.1, 0.15) is 10.4 Å². The SMILES string of the molecule is CNc1ccccc1C(=O)n1[nH]c(=O)c2cc(OC)ccc21. The number of rotatable bonds is 3. The highest BCUT2D eigenvalue weighted by molar-refractivity contribution is 6.04. The summed E-state index contributed by atoms with van der Waals surface area (Å²) >= 11 is 0. The molecular weight excluding hydrogens is 282 g/mol. The lowest BCUT2D eigenvalue weighted by molar-refractivity contribution is 0.0950. The van der Waals surface area contributed by atoms with Crippen molar-refractivity contribution in [2.45, 2.75) is 0 Å². The van der Waals surface area contributed by atoms with Gasteiger partial charge in [-0.2, -0.15) is 0 Å². The molecule has 0 amide bonds. The Kier molecular flexibility index (Phi) is 3.42. The van der Waals surface area contributed by atoms with E-state index in [1.165, 1.54) is 11.8 Å². The van der Waals surface area contributed by atoms with Gasteiger partial charge in [-0.25, -0.2) is 4.68 Å². The first-order valence-electron chi connectivity index (χ1n) is 6.76. The molecule has 112 valence electrons. The maximum atomic E-state index is 12.7. The predicted molar refractivity (Wildman–Crippen MR) is 84.8 cm³/mol. The van der Waals surface area contributed by atoms with Crippen molar-refractivity contribution in [3.05, 3.63) is 58.4 Å². The molecule has 3 aromatic rings. The highest BCUT2D eigenvalue weighted by atomic mass is 16.5. The molecule has 3 rings (SSSR count). The monoisotopic (exact) mass is 297 g/mol. The molecule has 6 heteroatoms. The van der Waals surface area contributed by atoms with E-state index in [2.05, 4.69) is 10.4 Å². The third-order valence-electron chi connectivity index (χ3n) is 3.53. The number of para-hydroxylation sites is 1. The summed E-state index contributed by atoms with van der Waals surface area (Å²) in [5.74, 6) is 0.265. The third-order valence-corrected chi connectivity index (χ3v) is 3.53. The van der Waals surface area contributed by atoms with E-state index >= 15 is 0 Å². The van der Waals surface area contributed by atoms with Gasteiger partial charge in [0.1, 0.15) is 5.75 Å². The Morgan fingerprint density at radius 2 is 2.00 bits per heavy atom. The minimum atomic E-state index is -0.329. The number of nitrogens with zero attached hydrogens (tertiary/aromatic N) is 1. The number of nitrogens with one attached hydrogen (secondary N) is 2. The Morgan fingerprint density at radius 3 is 2.73 bits per heavy atom. The van der Waals surface area contributed by atoms with Crippen LogP contribution in [0.4, 0.5) is 5.69 Å². The number of benzene rings is 2. The summed E-state index contributed by atoms with van der Waals surface area (Å²) in [6.07, 6.45) is 0. The quantitative estimate of drug-likeness (QED) is 0.776. The zero-order chi connectivity index (χ0) is 15.7. The first kappa shape index (κ1) is 13.9. The average Bonchev–Trinajstić information content (AvgIpc) is 2.90. The first-order valence-corrected chi connectivity index (χ1v) is 6.76. The molecule has 0 saturated carbocycles. The molecule has 0 spiro atoms. The molecule has 0 fully saturated rings. The van der Waals surface area contributed by atoms with E-state index in [-0.39, 0.29) is 11.5 Å². The number of hydrogen-bond acceptors (Lipinski definition) is 4. The summed E-state index contributed by atoms with van der Waals surface area (Å²) in [7, 11) is 3.27. The lowest BCUT2D eigenvalue weighted by Gasteiger charge is -2.09. The molecule has 2 N–H and O–H groups in total. The van der Waals surface area contributed by atoms with Crippen LogP contribution in [-0.2, 0) is 0 Å². The maximum Gasteiger partial charge on any atom is 0.279 e. The van der Waals surface area contributed by atoms with Crippen LogP contribution in [0.3, 0.4) is 0 Å². The van der Waals surface area contributed by atoms with Gasteiger partial charge in [0.2, 0.25) is 0 Å². The highest BCUT2D eigenvalue weighted by Gasteiger charge is 2.17. The molecule has 0 bridgehead atoms. The van der Waals surface area contributed by atoms with Gasteiger partial charge in [-0.3, -0.25) is 14.7 Å². The van der Waals surface area contributed by atoms with Gasteiger partial charge in [-0.1, -0.05) is 12.1 Å². The third kappa shape index (κ3) is 2.14. The number of aromatic amines is 1. The molecular formula is C16H15N3O3. The molecule has 22 heavy (non-hydrogen) atoms. The van der Waals surface area contributed by atoms with Gasteiger partial charge in [-0.15, -0.1) is 0 Å². The van der Waals surface area contributed by atoms with Gasteiger partial charge in [0.05, 0.1) is 23.6 Å². The molecule has 2 aromatic carbocycles. The largest absolute Gasteiger partial charge is 0.497 e. The van der Waals surface area contributed by atoms with Gasteiger partial charge in [0.15, 0.2) is 0 Å².